The van der Waals surface area contributed by atoms with Crippen molar-refractivity contribution in [1.29, 1.82) is 5.41 Å². The molecule has 1 aliphatic rings. The Bertz CT molecular complexity index is 383. The molecule has 1 aromatic rings. The average Bonchev–Trinajstić information content (AvgIpc) is 2.33. The molecule has 1 N–H and O–H groups in total. The molecule has 1 unspecified atom stereocenters. The molecule has 0 saturated carbocycles. The Hall–Kier alpha value is -1.48. The molecule has 1 atom stereocenters. The van der Waals surface area contributed by atoms with Gasteiger partial charge in [-0.25, -0.2) is 0 Å². The van der Waals surface area contributed by atoms with Crippen LogP contribution < -0.4 is 0 Å². The number of para-hydroxylation sites is 1. The van der Waals surface area contributed by atoms with E-state index in [0.29, 0.717) is 0 Å². The summed E-state index contributed by atoms with van der Waals surface area (Å²) in [5, 5.41) is 7.45. The second kappa shape index (κ2) is 5.03. The summed E-state index contributed by atoms with van der Waals surface area (Å²) < 4.78 is 0. The Balaban J connectivity index is 2.19. The first-order valence-corrected chi connectivity index (χ1v) is 5.61. The minimum absolute atomic E-state index is 0.180. The van der Waals surface area contributed by atoms with Crippen molar-refractivity contribution >= 4 is 17.6 Å². The standard InChI is InChI=1S/C13H17N3/c1-16-8-7-13(11(9-14)10-16)15-12-5-3-2-4-6-12/h2-6,9,11,14H,7-8,10H2,1H3. The van der Waals surface area contributed by atoms with Gasteiger partial charge in [-0.1, -0.05) is 18.2 Å². The fourth-order valence-corrected chi connectivity index (χ4v) is 1.98. The predicted octanol–water partition coefficient (Wildman–Crippen LogP) is 2.36. The molecular formula is C13H17N3. The summed E-state index contributed by atoms with van der Waals surface area (Å²) in [6, 6.07) is 9.99. The van der Waals surface area contributed by atoms with E-state index in [1.165, 1.54) is 6.21 Å². The number of hydrogen-bond donors (Lipinski definition) is 1. The fraction of sp³-hybridized carbons (Fsp3) is 0.385. The molecule has 3 nitrogen and oxygen atoms in total. The number of likely N-dealkylation sites (tertiary alicyclic amines) is 1. The van der Waals surface area contributed by atoms with E-state index in [2.05, 4.69) is 16.9 Å². The summed E-state index contributed by atoms with van der Waals surface area (Å²) in [6.45, 7) is 1.95. The van der Waals surface area contributed by atoms with Crippen LogP contribution in [0.3, 0.4) is 0 Å². The Morgan fingerprint density at radius 3 is 2.81 bits per heavy atom. The van der Waals surface area contributed by atoms with E-state index in [9.17, 15) is 0 Å². The molecule has 1 heterocycles. The van der Waals surface area contributed by atoms with Gasteiger partial charge in [0, 0.05) is 30.9 Å². The van der Waals surface area contributed by atoms with Crippen molar-refractivity contribution in [2.24, 2.45) is 10.9 Å². The Kier molecular flexibility index (Phi) is 3.47. The SMILES string of the molecule is CN1CCC(=Nc2ccccc2)C(C=N)C1. The lowest BCUT2D eigenvalue weighted by atomic mass is 9.97. The van der Waals surface area contributed by atoms with Crippen LogP contribution in [0.15, 0.2) is 35.3 Å². The fourth-order valence-electron chi connectivity index (χ4n) is 1.98. The third kappa shape index (κ3) is 2.55. The number of nitrogens with zero attached hydrogens (tertiary/aromatic N) is 2. The minimum atomic E-state index is 0.180. The molecule has 0 aromatic heterocycles. The van der Waals surface area contributed by atoms with E-state index >= 15 is 0 Å². The molecular weight excluding hydrogens is 198 g/mol. The van der Waals surface area contributed by atoms with Gasteiger partial charge < -0.3 is 10.3 Å². The lowest BCUT2D eigenvalue weighted by molar-refractivity contribution is 0.318. The van der Waals surface area contributed by atoms with Crippen molar-refractivity contribution in [1.82, 2.24) is 4.90 Å². The van der Waals surface area contributed by atoms with Crippen LogP contribution in [0.5, 0.6) is 0 Å². The molecule has 84 valence electrons. The van der Waals surface area contributed by atoms with Crippen LogP contribution in [-0.2, 0) is 0 Å². The highest BCUT2D eigenvalue weighted by atomic mass is 15.1. The van der Waals surface area contributed by atoms with Crippen molar-refractivity contribution < 1.29 is 0 Å². The van der Waals surface area contributed by atoms with Gasteiger partial charge in [-0.05, 0) is 25.6 Å². The highest BCUT2D eigenvalue weighted by Crippen LogP contribution is 2.17. The molecule has 0 amide bonds. The molecule has 0 aliphatic carbocycles. The summed E-state index contributed by atoms with van der Waals surface area (Å²) in [7, 11) is 2.09. The zero-order valence-electron chi connectivity index (χ0n) is 9.56. The van der Waals surface area contributed by atoms with Crippen LogP contribution in [0.1, 0.15) is 6.42 Å². The average molecular weight is 215 g/mol. The molecule has 1 aliphatic heterocycles. The zero-order valence-corrected chi connectivity index (χ0v) is 9.56. The van der Waals surface area contributed by atoms with E-state index < -0.39 is 0 Å². The van der Waals surface area contributed by atoms with Crippen molar-refractivity contribution in [3.63, 3.8) is 0 Å². The Morgan fingerprint density at radius 1 is 1.38 bits per heavy atom. The van der Waals surface area contributed by atoms with Crippen molar-refractivity contribution in [2.75, 3.05) is 20.1 Å². The number of nitrogens with one attached hydrogen (secondary N) is 1. The number of benzene rings is 1. The number of rotatable bonds is 2. The predicted molar refractivity (Wildman–Crippen MR) is 67.9 cm³/mol. The van der Waals surface area contributed by atoms with Gasteiger partial charge in [0.1, 0.15) is 0 Å². The van der Waals surface area contributed by atoms with Gasteiger partial charge in [0.2, 0.25) is 0 Å². The van der Waals surface area contributed by atoms with Gasteiger partial charge in [0.05, 0.1) is 5.69 Å². The van der Waals surface area contributed by atoms with Gasteiger partial charge in [-0.15, -0.1) is 0 Å². The molecule has 0 spiro atoms. The van der Waals surface area contributed by atoms with Crippen LogP contribution in [0.2, 0.25) is 0 Å². The van der Waals surface area contributed by atoms with Crippen LogP contribution in [-0.4, -0.2) is 37.0 Å². The van der Waals surface area contributed by atoms with Crippen molar-refractivity contribution in [2.45, 2.75) is 6.42 Å². The molecule has 3 heteroatoms. The van der Waals surface area contributed by atoms with Crippen LogP contribution >= 0.6 is 0 Å². The molecule has 0 bridgehead atoms. The topological polar surface area (TPSA) is 39.5 Å². The van der Waals surface area contributed by atoms with Gasteiger partial charge in [0.25, 0.3) is 0 Å². The van der Waals surface area contributed by atoms with Gasteiger partial charge in [0.15, 0.2) is 0 Å². The first kappa shape index (κ1) is 11.0. The largest absolute Gasteiger partial charge is 0.312 e. The summed E-state index contributed by atoms with van der Waals surface area (Å²) >= 11 is 0. The Labute approximate surface area is 96.3 Å². The summed E-state index contributed by atoms with van der Waals surface area (Å²) in [6.07, 6.45) is 2.48. The third-order valence-electron chi connectivity index (χ3n) is 2.92. The number of hydrogen-bond acceptors (Lipinski definition) is 3. The van der Waals surface area contributed by atoms with E-state index in [-0.39, 0.29) is 5.92 Å². The summed E-state index contributed by atoms with van der Waals surface area (Å²) in [4.78, 5) is 6.89. The molecule has 16 heavy (non-hydrogen) atoms. The first-order chi connectivity index (χ1) is 7.79. The maximum atomic E-state index is 7.45. The molecule has 1 fully saturated rings. The van der Waals surface area contributed by atoms with Crippen LogP contribution in [0.4, 0.5) is 5.69 Å². The van der Waals surface area contributed by atoms with Gasteiger partial charge >= 0.3 is 0 Å². The highest BCUT2D eigenvalue weighted by molar-refractivity contribution is 6.00. The smallest absolute Gasteiger partial charge is 0.0629 e. The van der Waals surface area contributed by atoms with Crippen LogP contribution in [0, 0.1) is 11.3 Å². The van der Waals surface area contributed by atoms with Gasteiger partial charge in [-0.2, -0.15) is 0 Å². The number of piperidine rings is 1. The van der Waals surface area contributed by atoms with Crippen LogP contribution in [0.25, 0.3) is 0 Å². The highest BCUT2D eigenvalue weighted by Gasteiger charge is 2.21. The van der Waals surface area contributed by atoms with E-state index in [4.69, 9.17) is 5.41 Å². The lowest BCUT2D eigenvalue weighted by Crippen LogP contribution is -2.39. The second-order valence-corrected chi connectivity index (χ2v) is 4.22. The minimum Gasteiger partial charge on any atom is -0.312 e. The normalized spacial score (nSPS) is 24.6. The molecule has 2 rings (SSSR count). The molecule has 1 aromatic carbocycles. The molecule has 0 radical (unpaired) electrons. The van der Waals surface area contributed by atoms with Gasteiger partial charge in [-0.3, -0.25) is 4.99 Å². The van der Waals surface area contributed by atoms with E-state index in [1.54, 1.807) is 0 Å². The monoisotopic (exact) mass is 215 g/mol. The van der Waals surface area contributed by atoms with Crippen molar-refractivity contribution in [3.05, 3.63) is 30.3 Å². The second-order valence-electron chi connectivity index (χ2n) is 4.22. The zero-order chi connectivity index (χ0) is 11.4. The summed E-state index contributed by atoms with van der Waals surface area (Å²) in [5.74, 6) is 0.180. The summed E-state index contributed by atoms with van der Waals surface area (Å²) in [5.41, 5.74) is 2.13. The maximum absolute atomic E-state index is 7.45. The molecule has 1 saturated heterocycles. The first-order valence-electron chi connectivity index (χ1n) is 5.61. The van der Waals surface area contributed by atoms with E-state index in [1.807, 2.05) is 30.3 Å². The third-order valence-corrected chi connectivity index (χ3v) is 2.92. The quantitative estimate of drug-likeness (QED) is 0.756. The van der Waals surface area contributed by atoms with Crippen molar-refractivity contribution in [3.8, 4) is 0 Å². The maximum Gasteiger partial charge on any atom is 0.0629 e. The number of aliphatic imine (C=N–C) groups is 1. The lowest BCUT2D eigenvalue weighted by Gasteiger charge is -2.28. The Morgan fingerprint density at radius 2 is 2.12 bits per heavy atom. The van der Waals surface area contributed by atoms with E-state index in [0.717, 1.165) is 30.9 Å².